The van der Waals surface area contributed by atoms with E-state index in [1.54, 1.807) is 23.1 Å². The number of aromatic amines is 1. The quantitative estimate of drug-likeness (QED) is 0.725. The number of amides is 2. The third kappa shape index (κ3) is 3.59. The summed E-state index contributed by atoms with van der Waals surface area (Å²) in [7, 11) is 0. The summed E-state index contributed by atoms with van der Waals surface area (Å²) in [6.45, 7) is 2.42. The highest BCUT2D eigenvalue weighted by Gasteiger charge is 2.26. The van der Waals surface area contributed by atoms with Crippen LogP contribution in [0.25, 0.3) is 11.3 Å². The summed E-state index contributed by atoms with van der Waals surface area (Å²) in [5, 5.41) is 10.2. The lowest BCUT2D eigenvalue weighted by Crippen LogP contribution is -2.35. The molecule has 0 atom stereocenters. The molecule has 27 heavy (non-hydrogen) atoms. The first-order chi connectivity index (χ1) is 13.0. The third-order valence-corrected chi connectivity index (χ3v) is 5.25. The second-order valence-corrected chi connectivity index (χ2v) is 7.30. The normalized spacial score (nSPS) is 13.3. The number of benzene rings is 1. The van der Waals surface area contributed by atoms with E-state index in [-0.39, 0.29) is 17.6 Å². The Hall–Kier alpha value is -3.07. The van der Waals surface area contributed by atoms with Gasteiger partial charge >= 0.3 is 0 Å². The van der Waals surface area contributed by atoms with Crippen LogP contribution in [0, 0.1) is 5.82 Å². The lowest BCUT2D eigenvalue weighted by Gasteiger charge is -2.25. The summed E-state index contributed by atoms with van der Waals surface area (Å²) in [5.74, 6) is -0.645. The molecule has 2 N–H and O–H groups in total. The predicted molar refractivity (Wildman–Crippen MR) is 98.8 cm³/mol. The van der Waals surface area contributed by atoms with Crippen LogP contribution in [0.3, 0.4) is 0 Å². The molecule has 0 spiro atoms. The number of carbonyl (C=O) groups is 2. The second kappa shape index (κ2) is 6.92. The number of hydrogen-bond acceptors (Lipinski definition) is 5. The molecule has 1 aliphatic heterocycles. The summed E-state index contributed by atoms with van der Waals surface area (Å²) < 4.78 is 13.1. The van der Waals surface area contributed by atoms with Gasteiger partial charge in [-0.15, -0.1) is 0 Å². The molecule has 2 amide bonds. The lowest BCUT2D eigenvalue weighted by molar-refractivity contribution is -0.114. The van der Waals surface area contributed by atoms with Crippen molar-refractivity contribution in [1.29, 1.82) is 0 Å². The number of rotatable bonds is 3. The Kier molecular flexibility index (Phi) is 4.44. The van der Waals surface area contributed by atoms with E-state index in [2.05, 4.69) is 20.5 Å². The largest absolute Gasteiger partial charge is 0.332 e. The number of anilines is 1. The minimum Gasteiger partial charge on any atom is -0.332 e. The smallest absolute Gasteiger partial charge is 0.272 e. The number of fused-ring (bicyclic) bond motifs is 1. The van der Waals surface area contributed by atoms with Crippen molar-refractivity contribution in [3.8, 4) is 11.3 Å². The van der Waals surface area contributed by atoms with Gasteiger partial charge in [-0.3, -0.25) is 14.7 Å². The number of aromatic nitrogens is 3. The maximum absolute atomic E-state index is 13.1. The Morgan fingerprint density at radius 2 is 2.07 bits per heavy atom. The van der Waals surface area contributed by atoms with Crippen LogP contribution in [0.1, 0.15) is 28.0 Å². The molecule has 0 saturated carbocycles. The highest BCUT2D eigenvalue weighted by molar-refractivity contribution is 7.15. The predicted octanol–water partition coefficient (Wildman–Crippen LogP) is 2.83. The standard InChI is InChI=1S/C18H16FN5O2S/c1-10(25)20-18-21-13-6-7-24(9-16(13)27-18)17(26)15-8-14(22-23-15)11-2-4-12(19)5-3-11/h2-5,8H,6-7,9H2,1H3,(H,22,23)(H,20,21,25). The van der Waals surface area contributed by atoms with Gasteiger partial charge in [0.25, 0.3) is 5.91 Å². The maximum Gasteiger partial charge on any atom is 0.272 e. The van der Waals surface area contributed by atoms with Crippen molar-refractivity contribution >= 4 is 28.3 Å². The Labute approximate surface area is 158 Å². The molecule has 2 aromatic heterocycles. The van der Waals surface area contributed by atoms with E-state index in [1.807, 2.05) is 0 Å². The lowest BCUT2D eigenvalue weighted by atomic mass is 10.1. The summed E-state index contributed by atoms with van der Waals surface area (Å²) in [6.07, 6.45) is 0.635. The first-order valence-electron chi connectivity index (χ1n) is 8.36. The molecule has 3 aromatic rings. The van der Waals surface area contributed by atoms with Gasteiger partial charge in [-0.2, -0.15) is 5.10 Å². The van der Waals surface area contributed by atoms with Crippen LogP contribution >= 0.6 is 11.3 Å². The first kappa shape index (κ1) is 17.3. The summed E-state index contributed by atoms with van der Waals surface area (Å²) >= 11 is 1.39. The van der Waals surface area contributed by atoms with Gasteiger partial charge in [-0.25, -0.2) is 9.37 Å². The maximum atomic E-state index is 13.1. The fourth-order valence-electron chi connectivity index (χ4n) is 2.94. The van der Waals surface area contributed by atoms with Crippen LogP contribution in [-0.4, -0.2) is 38.4 Å². The monoisotopic (exact) mass is 385 g/mol. The Morgan fingerprint density at radius 1 is 1.30 bits per heavy atom. The molecule has 3 heterocycles. The van der Waals surface area contributed by atoms with Crippen molar-refractivity contribution in [2.75, 3.05) is 11.9 Å². The number of nitrogens with zero attached hydrogens (tertiary/aromatic N) is 3. The fourth-order valence-corrected chi connectivity index (χ4v) is 4.01. The molecule has 7 nitrogen and oxygen atoms in total. The van der Waals surface area contributed by atoms with Gasteiger partial charge < -0.3 is 10.2 Å². The minimum absolute atomic E-state index is 0.156. The highest BCUT2D eigenvalue weighted by Crippen LogP contribution is 2.29. The van der Waals surface area contributed by atoms with E-state index < -0.39 is 0 Å². The Bertz CT molecular complexity index is 1010. The molecule has 1 aliphatic rings. The van der Waals surface area contributed by atoms with Gasteiger partial charge in [-0.05, 0) is 30.3 Å². The molecule has 138 valence electrons. The molecule has 1 aromatic carbocycles. The molecule has 0 radical (unpaired) electrons. The van der Waals surface area contributed by atoms with Crippen molar-refractivity contribution in [1.82, 2.24) is 20.1 Å². The van der Waals surface area contributed by atoms with Crippen molar-refractivity contribution in [3.05, 3.63) is 52.4 Å². The zero-order valence-corrected chi connectivity index (χ0v) is 15.3. The fraction of sp³-hybridized carbons (Fsp3) is 0.222. The van der Waals surface area contributed by atoms with Crippen LogP contribution in [0.2, 0.25) is 0 Å². The van der Waals surface area contributed by atoms with E-state index in [4.69, 9.17) is 0 Å². The van der Waals surface area contributed by atoms with Gasteiger partial charge in [0.05, 0.1) is 17.9 Å². The van der Waals surface area contributed by atoms with E-state index in [1.165, 1.54) is 30.4 Å². The van der Waals surface area contributed by atoms with Crippen LogP contribution < -0.4 is 5.32 Å². The van der Waals surface area contributed by atoms with Crippen LogP contribution in [0.4, 0.5) is 9.52 Å². The van der Waals surface area contributed by atoms with Gasteiger partial charge in [0, 0.05) is 30.3 Å². The second-order valence-electron chi connectivity index (χ2n) is 6.22. The van der Waals surface area contributed by atoms with E-state index in [0.29, 0.717) is 36.0 Å². The van der Waals surface area contributed by atoms with Gasteiger partial charge in [0.15, 0.2) is 5.13 Å². The molecule has 0 unspecified atom stereocenters. The first-order valence-corrected chi connectivity index (χ1v) is 9.18. The Balaban J connectivity index is 1.50. The number of H-pyrrole nitrogens is 1. The van der Waals surface area contributed by atoms with E-state index >= 15 is 0 Å². The zero-order valence-electron chi connectivity index (χ0n) is 14.5. The zero-order chi connectivity index (χ0) is 19.0. The number of hydrogen-bond donors (Lipinski definition) is 2. The van der Waals surface area contributed by atoms with Crippen LogP contribution in [0.15, 0.2) is 30.3 Å². The third-order valence-electron chi connectivity index (χ3n) is 4.25. The minimum atomic E-state index is -0.321. The van der Waals surface area contributed by atoms with Gasteiger partial charge in [-0.1, -0.05) is 11.3 Å². The molecular formula is C18H16FN5O2S. The molecule has 0 saturated heterocycles. The van der Waals surface area contributed by atoms with Crippen LogP contribution in [0.5, 0.6) is 0 Å². The SMILES string of the molecule is CC(=O)Nc1nc2c(s1)CN(C(=O)c1cc(-c3ccc(F)cc3)n[nH]1)CC2. The van der Waals surface area contributed by atoms with Gasteiger partial charge in [0.2, 0.25) is 5.91 Å². The van der Waals surface area contributed by atoms with Crippen molar-refractivity contribution < 1.29 is 14.0 Å². The number of thiazole rings is 1. The van der Waals surface area contributed by atoms with Crippen molar-refractivity contribution in [2.24, 2.45) is 0 Å². The number of nitrogens with one attached hydrogen (secondary N) is 2. The number of carbonyl (C=O) groups excluding carboxylic acids is 2. The molecule has 0 fully saturated rings. The summed E-state index contributed by atoms with van der Waals surface area (Å²) in [5.41, 5.74) is 2.62. The summed E-state index contributed by atoms with van der Waals surface area (Å²) in [6, 6.07) is 7.62. The highest BCUT2D eigenvalue weighted by atomic mass is 32.1. The van der Waals surface area contributed by atoms with E-state index in [0.717, 1.165) is 16.1 Å². The average Bonchev–Trinajstić information content (AvgIpc) is 3.27. The topological polar surface area (TPSA) is 91.0 Å². The molecule has 0 aliphatic carbocycles. The molecule has 9 heteroatoms. The number of halogens is 1. The van der Waals surface area contributed by atoms with Crippen molar-refractivity contribution in [2.45, 2.75) is 19.9 Å². The molecular weight excluding hydrogens is 369 g/mol. The summed E-state index contributed by atoms with van der Waals surface area (Å²) in [4.78, 5) is 31.1. The van der Waals surface area contributed by atoms with E-state index in [9.17, 15) is 14.0 Å². The molecule has 4 rings (SSSR count). The van der Waals surface area contributed by atoms with Gasteiger partial charge in [0.1, 0.15) is 11.5 Å². The van der Waals surface area contributed by atoms with Crippen molar-refractivity contribution in [3.63, 3.8) is 0 Å². The Morgan fingerprint density at radius 3 is 2.81 bits per heavy atom. The average molecular weight is 385 g/mol. The molecule has 0 bridgehead atoms. The van der Waals surface area contributed by atoms with Crippen LogP contribution in [-0.2, 0) is 17.8 Å².